The fourth-order valence-corrected chi connectivity index (χ4v) is 2.55. The highest BCUT2D eigenvalue weighted by molar-refractivity contribution is 6.04. The number of rotatable bonds is 6. The second-order valence-electron chi connectivity index (χ2n) is 7.05. The summed E-state index contributed by atoms with van der Waals surface area (Å²) < 4.78 is 5.05. The molecule has 7 nitrogen and oxygen atoms in total. The maximum Gasteiger partial charge on any atom is 0.407 e. The van der Waals surface area contributed by atoms with E-state index in [0.29, 0.717) is 0 Å². The van der Waals surface area contributed by atoms with Crippen molar-refractivity contribution in [3.05, 3.63) is 0 Å². The van der Waals surface area contributed by atoms with Crippen molar-refractivity contribution < 1.29 is 19.1 Å². The average molecular weight is 337 g/mol. The molecule has 2 N–H and O–H groups in total. The van der Waals surface area contributed by atoms with E-state index in [-0.39, 0.29) is 19.0 Å². The number of nitriles is 1. The Morgan fingerprint density at radius 3 is 2.38 bits per heavy atom. The Hall–Kier alpha value is -2.10. The standard InChI is InChI=1S/C17H27N3O4/c1-17(2,3)24-16(23)19-10-9-14(21)13(11-18)15(22)20-12-7-5-4-6-8-12/h12-13H,4-10H2,1-3H3,(H,19,23)(H,20,22)/t13-/m1/s1. The lowest BCUT2D eigenvalue weighted by Crippen LogP contribution is -2.42. The van der Waals surface area contributed by atoms with Crippen LogP contribution in [0.5, 0.6) is 0 Å². The van der Waals surface area contributed by atoms with Gasteiger partial charge in [-0.1, -0.05) is 19.3 Å². The zero-order valence-electron chi connectivity index (χ0n) is 14.7. The van der Waals surface area contributed by atoms with Gasteiger partial charge in [0.15, 0.2) is 11.7 Å². The molecule has 0 aromatic heterocycles. The normalized spacial score (nSPS) is 16.6. The van der Waals surface area contributed by atoms with E-state index >= 15 is 0 Å². The maximum atomic E-state index is 12.1. The summed E-state index contributed by atoms with van der Waals surface area (Å²) in [6.07, 6.45) is 4.32. The van der Waals surface area contributed by atoms with Gasteiger partial charge in [0.2, 0.25) is 5.91 Å². The van der Waals surface area contributed by atoms with Crippen molar-refractivity contribution in [2.24, 2.45) is 5.92 Å². The molecule has 0 unspecified atom stereocenters. The number of nitrogens with one attached hydrogen (secondary N) is 2. The van der Waals surface area contributed by atoms with Gasteiger partial charge in [0, 0.05) is 19.0 Å². The first-order chi connectivity index (χ1) is 11.2. The first-order valence-electron chi connectivity index (χ1n) is 8.42. The van der Waals surface area contributed by atoms with Gasteiger partial charge in [0.1, 0.15) is 5.60 Å². The fraction of sp³-hybridized carbons (Fsp3) is 0.765. The van der Waals surface area contributed by atoms with Crippen LogP contribution in [-0.4, -0.2) is 36.0 Å². The van der Waals surface area contributed by atoms with Crippen LogP contribution in [-0.2, 0) is 14.3 Å². The predicted molar refractivity (Wildman–Crippen MR) is 88.0 cm³/mol. The van der Waals surface area contributed by atoms with Crippen molar-refractivity contribution in [2.45, 2.75) is 70.9 Å². The molecule has 2 amide bonds. The minimum Gasteiger partial charge on any atom is -0.444 e. The van der Waals surface area contributed by atoms with Crippen LogP contribution in [0.1, 0.15) is 59.3 Å². The summed E-state index contributed by atoms with van der Waals surface area (Å²) in [6.45, 7) is 5.24. The molecule has 0 saturated heterocycles. The molecule has 0 radical (unpaired) electrons. The van der Waals surface area contributed by atoms with E-state index in [1.807, 2.05) is 0 Å². The first kappa shape index (κ1) is 19.9. The zero-order chi connectivity index (χ0) is 18.2. The third-order valence-electron chi connectivity index (χ3n) is 3.70. The van der Waals surface area contributed by atoms with Crippen molar-refractivity contribution in [2.75, 3.05) is 6.54 Å². The Balaban J connectivity index is 2.38. The van der Waals surface area contributed by atoms with E-state index in [0.717, 1.165) is 32.1 Å². The quantitative estimate of drug-likeness (QED) is 0.721. The number of carbonyl (C=O) groups excluding carboxylic acids is 3. The molecule has 24 heavy (non-hydrogen) atoms. The second-order valence-corrected chi connectivity index (χ2v) is 7.05. The van der Waals surface area contributed by atoms with Crippen LogP contribution in [0.3, 0.4) is 0 Å². The molecule has 1 aliphatic rings. The van der Waals surface area contributed by atoms with Crippen molar-refractivity contribution >= 4 is 17.8 Å². The third kappa shape index (κ3) is 7.44. The Kier molecular flexibility index (Phi) is 7.69. The monoisotopic (exact) mass is 337 g/mol. The molecule has 1 fully saturated rings. The maximum absolute atomic E-state index is 12.1. The van der Waals surface area contributed by atoms with E-state index in [9.17, 15) is 14.4 Å². The summed E-state index contributed by atoms with van der Waals surface area (Å²) in [5.41, 5.74) is -0.622. The van der Waals surface area contributed by atoms with Gasteiger partial charge in [-0.25, -0.2) is 4.79 Å². The number of Topliss-reactive ketones (excluding diaryl/α,β-unsaturated/α-hetero) is 1. The van der Waals surface area contributed by atoms with Gasteiger partial charge in [-0.3, -0.25) is 9.59 Å². The molecule has 0 aliphatic heterocycles. The number of alkyl carbamates (subject to hydrolysis) is 1. The summed E-state index contributed by atoms with van der Waals surface area (Å²) in [6, 6.07) is 1.81. The molecule has 1 aliphatic carbocycles. The number of nitrogens with zero attached hydrogens (tertiary/aromatic N) is 1. The Morgan fingerprint density at radius 2 is 1.83 bits per heavy atom. The van der Waals surface area contributed by atoms with Crippen molar-refractivity contribution in [3.63, 3.8) is 0 Å². The Bertz CT molecular complexity index is 499. The molecule has 7 heteroatoms. The topological polar surface area (TPSA) is 108 Å². The van der Waals surface area contributed by atoms with E-state index in [4.69, 9.17) is 10.00 Å². The molecular weight excluding hydrogens is 310 g/mol. The van der Waals surface area contributed by atoms with Crippen LogP contribution in [0.2, 0.25) is 0 Å². The molecule has 1 atom stereocenters. The molecule has 134 valence electrons. The minimum atomic E-state index is -1.33. The summed E-state index contributed by atoms with van der Waals surface area (Å²) in [5.74, 6) is -2.36. The van der Waals surface area contributed by atoms with Crippen LogP contribution in [0.4, 0.5) is 4.79 Å². The van der Waals surface area contributed by atoms with Gasteiger partial charge in [-0.05, 0) is 33.6 Å². The molecule has 0 aromatic rings. The number of ketones is 1. The first-order valence-corrected chi connectivity index (χ1v) is 8.42. The van der Waals surface area contributed by atoms with Crippen molar-refractivity contribution in [3.8, 4) is 6.07 Å². The lowest BCUT2D eigenvalue weighted by molar-refractivity contribution is -0.132. The number of ether oxygens (including phenoxy) is 1. The molecule has 0 heterocycles. The summed E-state index contributed by atoms with van der Waals surface area (Å²) >= 11 is 0. The fourth-order valence-electron chi connectivity index (χ4n) is 2.55. The van der Waals surface area contributed by atoms with Gasteiger partial charge >= 0.3 is 6.09 Å². The predicted octanol–water partition coefficient (Wildman–Crippen LogP) is 2.06. The molecule has 1 rings (SSSR count). The van der Waals surface area contributed by atoms with Gasteiger partial charge in [0.05, 0.1) is 6.07 Å². The highest BCUT2D eigenvalue weighted by Crippen LogP contribution is 2.18. The largest absolute Gasteiger partial charge is 0.444 e. The number of hydrogen-bond acceptors (Lipinski definition) is 5. The van der Waals surface area contributed by atoms with Gasteiger partial charge in [0.25, 0.3) is 0 Å². The van der Waals surface area contributed by atoms with E-state index in [1.54, 1.807) is 26.8 Å². The molecular formula is C17H27N3O4. The Labute approximate surface area is 143 Å². The van der Waals surface area contributed by atoms with Gasteiger partial charge in [-0.15, -0.1) is 0 Å². The minimum absolute atomic E-state index is 0.0304. The highest BCUT2D eigenvalue weighted by Gasteiger charge is 2.28. The lowest BCUT2D eigenvalue weighted by Gasteiger charge is -2.23. The lowest BCUT2D eigenvalue weighted by atomic mass is 9.94. The van der Waals surface area contributed by atoms with Crippen LogP contribution in [0.25, 0.3) is 0 Å². The number of amides is 2. The van der Waals surface area contributed by atoms with Crippen LogP contribution in [0, 0.1) is 17.2 Å². The molecule has 1 saturated carbocycles. The summed E-state index contributed by atoms with van der Waals surface area (Å²) in [7, 11) is 0. The number of hydrogen-bond donors (Lipinski definition) is 2. The molecule has 0 bridgehead atoms. The highest BCUT2D eigenvalue weighted by atomic mass is 16.6. The van der Waals surface area contributed by atoms with E-state index < -0.39 is 29.3 Å². The Morgan fingerprint density at radius 1 is 1.21 bits per heavy atom. The average Bonchev–Trinajstić information content (AvgIpc) is 2.47. The molecule has 0 spiro atoms. The van der Waals surface area contributed by atoms with Gasteiger partial charge in [-0.2, -0.15) is 5.26 Å². The van der Waals surface area contributed by atoms with Crippen LogP contribution < -0.4 is 10.6 Å². The van der Waals surface area contributed by atoms with E-state index in [1.165, 1.54) is 0 Å². The number of carbonyl (C=O) groups is 3. The third-order valence-corrected chi connectivity index (χ3v) is 3.70. The summed E-state index contributed by atoms with van der Waals surface area (Å²) in [5, 5.41) is 14.3. The SMILES string of the molecule is CC(C)(C)OC(=O)NCCC(=O)[C@@H](C#N)C(=O)NC1CCCCC1. The van der Waals surface area contributed by atoms with Crippen LogP contribution in [0.15, 0.2) is 0 Å². The smallest absolute Gasteiger partial charge is 0.407 e. The van der Waals surface area contributed by atoms with Crippen LogP contribution >= 0.6 is 0 Å². The van der Waals surface area contributed by atoms with Crippen molar-refractivity contribution in [1.82, 2.24) is 10.6 Å². The van der Waals surface area contributed by atoms with Gasteiger partial charge < -0.3 is 15.4 Å². The summed E-state index contributed by atoms with van der Waals surface area (Å²) in [4.78, 5) is 35.6. The van der Waals surface area contributed by atoms with E-state index in [2.05, 4.69) is 10.6 Å². The molecule has 0 aromatic carbocycles. The second kappa shape index (κ2) is 9.26. The zero-order valence-corrected chi connectivity index (χ0v) is 14.7. The van der Waals surface area contributed by atoms with Crippen molar-refractivity contribution in [1.29, 1.82) is 5.26 Å².